The Hall–Kier alpha value is -7.57. The number of nitrogens with zero attached hydrogens (tertiary/aromatic N) is 3. The number of hydrogen-bond donors (Lipinski definition) is 3. The summed E-state index contributed by atoms with van der Waals surface area (Å²) in [6, 6.07) is 35.0. The van der Waals surface area contributed by atoms with Gasteiger partial charge in [-0.2, -0.15) is 0 Å². The molecule has 0 unspecified atom stereocenters. The molecule has 0 radical (unpaired) electrons. The van der Waals surface area contributed by atoms with Crippen molar-refractivity contribution < 1.29 is 43.3 Å². The maximum absolute atomic E-state index is 16.6. The van der Waals surface area contributed by atoms with Crippen LogP contribution in [0.3, 0.4) is 0 Å². The van der Waals surface area contributed by atoms with E-state index in [2.05, 4.69) is 34.0 Å². The fourth-order valence-corrected chi connectivity index (χ4v) is 10.3. The van der Waals surface area contributed by atoms with Crippen molar-refractivity contribution in [1.29, 1.82) is 0 Å². The summed E-state index contributed by atoms with van der Waals surface area (Å²) in [6.45, 7) is 7.83. The number of carbonyl (C=O) groups is 5. The van der Waals surface area contributed by atoms with E-state index >= 15 is 19.2 Å². The quantitative estimate of drug-likeness (QED) is 0.0603. The first-order valence-electron chi connectivity index (χ1n) is 23.3. The van der Waals surface area contributed by atoms with Gasteiger partial charge in [0.1, 0.15) is 36.0 Å². The van der Waals surface area contributed by atoms with E-state index in [-0.39, 0.29) is 36.8 Å². The minimum absolute atomic E-state index is 0.0226. The molecule has 3 heterocycles. The van der Waals surface area contributed by atoms with Gasteiger partial charge < -0.3 is 30.0 Å². The number of hydrogen-bond acceptors (Lipinski definition) is 11. The number of para-hydroxylation sites is 1. The standard InChI is InChI=1S/C56H57N5O9/c1-6-30-57-51(63)45-48-53(65)70-49(40-24-14-9-15-25-40)47(39-22-12-8-13-23-39)61(48)50(41-26-16-17-27-44(41)69-33-32-62)56(45)42-34-37(21-18-31-59(4)35-38-19-10-7-11-20-38)28-29-43(42)60(54(56)66)55(67)58-46(36(2)3)52(64)68-5/h6-17,19-20,22-29,34,36,45-50,62H,1,30-33,35H2,2-5H3,(H,57,63)(H,58,67)/t45-,46+,47-,48-,49+,50+,56-/m1/s1. The number of cyclic esters (lactones) is 1. The number of esters is 2. The van der Waals surface area contributed by atoms with Crippen LogP contribution >= 0.6 is 0 Å². The number of methoxy groups -OCH3 is 1. The molecular formula is C56H57N5O9. The van der Waals surface area contributed by atoms with Crippen molar-refractivity contribution in [2.45, 2.75) is 56.1 Å². The van der Waals surface area contributed by atoms with E-state index in [9.17, 15) is 9.90 Å². The van der Waals surface area contributed by atoms with Gasteiger partial charge in [0.15, 0.2) is 0 Å². The summed E-state index contributed by atoms with van der Waals surface area (Å²) in [7, 11) is 3.17. The SMILES string of the molecule is C=CCNC(=O)[C@H]1[C@@H]2C(=O)O[C@@H](c3ccccc3)[C@@H](c3ccccc3)N2[C@@H](c2ccccc2OCCO)[C@]12C(=O)N(C(=O)N[C@H](C(=O)OC)C(C)C)c1ccc(C#CCN(C)Cc3ccccc3)cc12. The molecule has 360 valence electrons. The van der Waals surface area contributed by atoms with Crippen molar-refractivity contribution >= 4 is 35.5 Å². The van der Waals surface area contributed by atoms with Gasteiger partial charge in [0, 0.05) is 24.2 Å². The summed E-state index contributed by atoms with van der Waals surface area (Å²) in [5.41, 5.74) is 1.60. The van der Waals surface area contributed by atoms with Crippen molar-refractivity contribution in [3.63, 3.8) is 0 Å². The van der Waals surface area contributed by atoms with Crippen LogP contribution in [0.15, 0.2) is 146 Å². The number of nitrogens with one attached hydrogen (secondary N) is 2. The zero-order valence-corrected chi connectivity index (χ0v) is 39.6. The number of benzene rings is 5. The number of anilines is 1. The molecule has 4 amide bonds. The average Bonchev–Trinajstić information content (AvgIpc) is 3.83. The van der Waals surface area contributed by atoms with Gasteiger partial charge in [0.05, 0.1) is 44.0 Å². The molecule has 8 rings (SSSR count). The predicted molar refractivity (Wildman–Crippen MR) is 263 cm³/mol. The summed E-state index contributed by atoms with van der Waals surface area (Å²) in [6.07, 6.45) is 0.537. The molecule has 0 aromatic heterocycles. The first-order valence-corrected chi connectivity index (χ1v) is 23.3. The van der Waals surface area contributed by atoms with Gasteiger partial charge in [-0.15, -0.1) is 6.58 Å². The van der Waals surface area contributed by atoms with Gasteiger partial charge in [-0.1, -0.05) is 141 Å². The van der Waals surface area contributed by atoms with Crippen LogP contribution in [-0.4, -0.2) is 97.2 Å². The minimum Gasteiger partial charge on any atom is -0.491 e. The summed E-state index contributed by atoms with van der Waals surface area (Å²) in [4.78, 5) is 80.6. The van der Waals surface area contributed by atoms with Gasteiger partial charge in [0.2, 0.25) is 11.8 Å². The van der Waals surface area contributed by atoms with Crippen LogP contribution in [0.2, 0.25) is 0 Å². The Balaban J connectivity index is 1.42. The lowest BCUT2D eigenvalue weighted by Gasteiger charge is -2.46. The Bertz CT molecular complexity index is 2800. The van der Waals surface area contributed by atoms with Crippen LogP contribution < -0.4 is 20.3 Å². The molecule has 2 saturated heterocycles. The molecule has 0 saturated carbocycles. The van der Waals surface area contributed by atoms with Crippen molar-refractivity contribution in [2.24, 2.45) is 11.8 Å². The lowest BCUT2D eigenvalue weighted by Crippen LogP contribution is -2.57. The van der Waals surface area contributed by atoms with Gasteiger partial charge in [-0.05, 0) is 59.5 Å². The second-order valence-electron chi connectivity index (χ2n) is 17.9. The smallest absolute Gasteiger partial charge is 0.329 e. The molecule has 0 aliphatic carbocycles. The molecule has 14 heteroatoms. The normalized spacial score (nSPS) is 21.8. The van der Waals surface area contributed by atoms with E-state index in [0.29, 0.717) is 35.3 Å². The highest BCUT2D eigenvalue weighted by atomic mass is 16.6. The van der Waals surface area contributed by atoms with E-state index in [1.165, 1.54) is 13.2 Å². The van der Waals surface area contributed by atoms with E-state index in [4.69, 9.17) is 14.2 Å². The van der Waals surface area contributed by atoms with E-state index < -0.39 is 77.3 Å². The molecule has 3 aliphatic heterocycles. The third-order valence-electron chi connectivity index (χ3n) is 13.2. The van der Waals surface area contributed by atoms with Crippen molar-refractivity contribution in [3.8, 4) is 17.6 Å². The average molecular weight is 944 g/mol. The number of amides is 4. The van der Waals surface area contributed by atoms with Crippen LogP contribution in [0.1, 0.15) is 65.4 Å². The van der Waals surface area contributed by atoms with Crippen LogP contribution in [0.25, 0.3) is 0 Å². The van der Waals surface area contributed by atoms with Crippen LogP contribution in [-0.2, 0) is 40.6 Å². The lowest BCUT2D eigenvalue weighted by atomic mass is 9.65. The van der Waals surface area contributed by atoms with Gasteiger partial charge >= 0.3 is 18.0 Å². The number of imide groups is 1. The summed E-state index contributed by atoms with van der Waals surface area (Å²) < 4.78 is 17.9. The molecule has 14 nitrogen and oxygen atoms in total. The largest absolute Gasteiger partial charge is 0.491 e. The van der Waals surface area contributed by atoms with Gasteiger partial charge in [0.25, 0.3) is 0 Å². The minimum atomic E-state index is -2.13. The van der Waals surface area contributed by atoms with Gasteiger partial charge in [-0.3, -0.25) is 24.2 Å². The number of carbonyl (C=O) groups excluding carboxylic acids is 5. The highest BCUT2D eigenvalue weighted by Gasteiger charge is 2.76. The predicted octanol–water partition coefficient (Wildman–Crippen LogP) is 6.42. The summed E-state index contributed by atoms with van der Waals surface area (Å²) >= 11 is 0. The Kier molecular flexibility index (Phi) is 14.9. The maximum Gasteiger partial charge on any atom is 0.329 e. The topological polar surface area (TPSA) is 167 Å². The van der Waals surface area contributed by atoms with E-state index in [1.54, 1.807) is 56.3 Å². The molecule has 3 aliphatic rings. The number of urea groups is 1. The van der Waals surface area contributed by atoms with Crippen LogP contribution in [0.4, 0.5) is 10.5 Å². The maximum atomic E-state index is 16.6. The number of ether oxygens (including phenoxy) is 3. The van der Waals surface area contributed by atoms with Crippen molar-refractivity contribution in [3.05, 3.63) is 179 Å². The molecule has 7 atom stereocenters. The van der Waals surface area contributed by atoms with Crippen LogP contribution in [0.5, 0.6) is 5.75 Å². The Morgan fingerprint density at radius 2 is 1.56 bits per heavy atom. The number of aliphatic hydroxyl groups is 1. The number of fused-ring (bicyclic) bond motifs is 3. The van der Waals surface area contributed by atoms with Gasteiger partial charge in [-0.25, -0.2) is 14.5 Å². The molecule has 0 bridgehead atoms. The fourth-order valence-electron chi connectivity index (χ4n) is 10.3. The monoisotopic (exact) mass is 943 g/mol. The first kappa shape index (κ1) is 48.9. The molecule has 70 heavy (non-hydrogen) atoms. The molecular weight excluding hydrogens is 887 g/mol. The highest BCUT2D eigenvalue weighted by molar-refractivity contribution is 6.25. The van der Waals surface area contributed by atoms with Crippen molar-refractivity contribution in [1.82, 2.24) is 20.4 Å². The number of morpholine rings is 1. The number of aliphatic hydroxyl groups excluding tert-OH is 1. The Labute approximate surface area is 408 Å². The van der Waals surface area contributed by atoms with Crippen LogP contribution in [0, 0.1) is 23.7 Å². The Morgan fingerprint density at radius 3 is 2.21 bits per heavy atom. The van der Waals surface area contributed by atoms with Crippen molar-refractivity contribution in [2.75, 3.05) is 45.4 Å². The first-order chi connectivity index (χ1) is 34.0. The molecule has 3 N–H and O–H groups in total. The highest BCUT2D eigenvalue weighted by Crippen LogP contribution is 2.66. The molecule has 2 fully saturated rings. The number of rotatable bonds is 15. The second kappa shape index (κ2) is 21.4. The fraction of sp³-hybridized carbons (Fsp3) is 0.304. The third kappa shape index (κ3) is 9.19. The van der Waals surface area contributed by atoms with E-state index in [1.807, 2.05) is 103 Å². The summed E-state index contributed by atoms with van der Waals surface area (Å²) in [5, 5.41) is 15.8. The third-order valence-corrected chi connectivity index (χ3v) is 13.2. The Morgan fingerprint density at radius 1 is 0.900 bits per heavy atom. The molecule has 1 spiro atoms. The lowest BCUT2D eigenvalue weighted by molar-refractivity contribution is -0.178. The van der Waals surface area contributed by atoms with E-state index in [0.717, 1.165) is 10.5 Å². The second-order valence-corrected chi connectivity index (χ2v) is 17.9. The zero-order chi connectivity index (χ0) is 49.5. The summed E-state index contributed by atoms with van der Waals surface area (Å²) in [5.74, 6) is 1.77. The zero-order valence-electron chi connectivity index (χ0n) is 39.6. The molecule has 5 aromatic carbocycles. The molecule has 5 aromatic rings.